The monoisotopic (exact) mass is 501 g/mol. The van der Waals surface area contributed by atoms with Crippen LogP contribution >= 0.6 is 0 Å². The van der Waals surface area contributed by atoms with Gasteiger partial charge in [-0.1, -0.05) is 0 Å². The number of ether oxygens (including phenoxy) is 2. The van der Waals surface area contributed by atoms with E-state index in [1.807, 2.05) is 0 Å². The van der Waals surface area contributed by atoms with Crippen LogP contribution in [-0.2, 0) is 6.18 Å². The van der Waals surface area contributed by atoms with E-state index in [1.165, 1.54) is 26.4 Å². The van der Waals surface area contributed by atoms with Crippen molar-refractivity contribution in [2.45, 2.75) is 57.5 Å². The molecule has 0 spiro atoms. The predicted octanol–water partition coefficient (Wildman–Crippen LogP) is 5.73. The number of halogens is 3. The van der Waals surface area contributed by atoms with Crippen molar-refractivity contribution in [2.75, 3.05) is 30.7 Å². The van der Waals surface area contributed by atoms with Gasteiger partial charge in [0.2, 0.25) is 0 Å². The zero-order valence-corrected chi connectivity index (χ0v) is 20.6. The first-order valence-electron chi connectivity index (χ1n) is 12.2. The van der Waals surface area contributed by atoms with Crippen LogP contribution in [-0.4, -0.2) is 43.9 Å². The molecule has 3 aliphatic rings. The van der Waals surface area contributed by atoms with E-state index in [4.69, 9.17) is 9.47 Å². The maximum absolute atomic E-state index is 14.2. The fourth-order valence-corrected chi connectivity index (χ4v) is 5.50. The van der Waals surface area contributed by atoms with Gasteiger partial charge in [0.1, 0.15) is 11.5 Å². The molecular formula is C27H30F3N3O3. The average Bonchev–Trinajstić information content (AvgIpc) is 3.52. The maximum Gasteiger partial charge on any atom is 0.418 e. The predicted molar refractivity (Wildman–Crippen MR) is 133 cm³/mol. The fraction of sp³-hybridized carbons (Fsp3) is 0.444. The summed E-state index contributed by atoms with van der Waals surface area (Å²) in [6.45, 7) is 2.85. The summed E-state index contributed by atoms with van der Waals surface area (Å²) in [5.41, 5.74) is 2.47. The number of aliphatic hydroxyl groups is 1. The Morgan fingerprint density at radius 2 is 1.72 bits per heavy atom. The first-order valence-corrected chi connectivity index (χ1v) is 12.2. The third-order valence-electron chi connectivity index (χ3n) is 7.34. The molecule has 9 heteroatoms. The standard InChI is InChI=1S/C27H30F3N3O3/c1-16-6-5-11-32(16)18-9-10-23(27(28,29)30)24(14-18)33-26(34)22-8-4-7-21(22)25(31-33)17-12-19(35-2)15-20(13-17)36-3/h9-10,12-16,26,34H,4-8,11H2,1-3H3. The molecule has 1 saturated heterocycles. The zero-order chi connectivity index (χ0) is 25.6. The smallest absolute Gasteiger partial charge is 0.418 e. The highest BCUT2D eigenvalue weighted by molar-refractivity contribution is 6.15. The minimum atomic E-state index is -4.61. The van der Waals surface area contributed by atoms with Gasteiger partial charge in [-0.15, -0.1) is 0 Å². The number of anilines is 2. The quantitative estimate of drug-likeness (QED) is 0.567. The van der Waals surface area contributed by atoms with Crippen molar-refractivity contribution in [3.63, 3.8) is 0 Å². The van der Waals surface area contributed by atoms with E-state index < -0.39 is 18.0 Å². The van der Waals surface area contributed by atoms with E-state index in [2.05, 4.69) is 16.9 Å². The van der Waals surface area contributed by atoms with Crippen LogP contribution in [0.15, 0.2) is 52.6 Å². The summed E-state index contributed by atoms with van der Waals surface area (Å²) < 4.78 is 53.4. The summed E-state index contributed by atoms with van der Waals surface area (Å²) in [4.78, 5) is 2.11. The van der Waals surface area contributed by atoms with Gasteiger partial charge in [-0.05, 0) is 80.5 Å². The number of hydrogen-bond acceptors (Lipinski definition) is 6. The summed E-state index contributed by atoms with van der Waals surface area (Å²) >= 11 is 0. The minimum absolute atomic E-state index is 0.155. The Morgan fingerprint density at radius 3 is 2.33 bits per heavy atom. The molecule has 0 radical (unpaired) electrons. The number of hydrogen-bond donors (Lipinski definition) is 1. The Morgan fingerprint density at radius 1 is 1.00 bits per heavy atom. The Labute approximate surface area is 208 Å². The van der Waals surface area contributed by atoms with E-state index in [1.54, 1.807) is 18.2 Å². The number of methoxy groups -OCH3 is 2. The molecule has 192 valence electrons. The maximum atomic E-state index is 14.2. The minimum Gasteiger partial charge on any atom is -0.497 e. The topological polar surface area (TPSA) is 57.5 Å². The molecule has 0 bridgehead atoms. The van der Waals surface area contributed by atoms with Crippen LogP contribution in [0.3, 0.4) is 0 Å². The van der Waals surface area contributed by atoms with Crippen molar-refractivity contribution < 1.29 is 27.8 Å². The van der Waals surface area contributed by atoms with Crippen LogP contribution in [0.25, 0.3) is 0 Å². The highest BCUT2D eigenvalue weighted by Gasteiger charge is 2.40. The lowest BCUT2D eigenvalue weighted by Crippen LogP contribution is -2.39. The number of benzene rings is 2. The highest BCUT2D eigenvalue weighted by atomic mass is 19.4. The van der Waals surface area contributed by atoms with Crippen molar-refractivity contribution in [1.29, 1.82) is 0 Å². The lowest BCUT2D eigenvalue weighted by atomic mass is 9.96. The van der Waals surface area contributed by atoms with Crippen LogP contribution < -0.4 is 19.4 Å². The molecule has 2 aromatic rings. The Bertz CT molecular complexity index is 1200. The van der Waals surface area contributed by atoms with Crippen LogP contribution in [0.2, 0.25) is 0 Å². The van der Waals surface area contributed by atoms with Crippen molar-refractivity contribution in [3.05, 3.63) is 58.7 Å². The van der Waals surface area contributed by atoms with E-state index in [-0.39, 0.29) is 11.7 Å². The first-order chi connectivity index (χ1) is 17.2. The number of alkyl halides is 3. The van der Waals surface area contributed by atoms with Crippen LogP contribution in [0, 0.1) is 0 Å². The lowest BCUT2D eigenvalue weighted by molar-refractivity contribution is -0.137. The summed E-state index contributed by atoms with van der Waals surface area (Å²) in [6, 6.07) is 9.66. The molecule has 2 unspecified atom stereocenters. The van der Waals surface area contributed by atoms with Gasteiger partial charge >= 0.3 is 6.18 Å². The summed E-state index contributed by atoms with van der Waals surface area (Å²) in [6.07, 6.45) is -1.82. The van der Waals surface area contributed by atoms with E-state index in [0.717, 1.165) is 42.5 Å². The SMILES string of the molecule is COc1cc(OC)cc(C2=NN(c3cc(N4CCCC4C)ccc3C(F)(F)F)C(O)C3=C2CCC3)c1. The Kier molecular flexibility index (Phi) is 6.36. The Hall–Kier alpha value is -3.20. The highest BCUT2D eigenvalue weighted by Crippen LogP contribution is 2.44. The van der Waals surface area contributed by atoms with Crippen molar-refractivity contribution in [1.82, 2.24) is 0 Å². The normalized spacial score (nSPS) is 22.1. The van der Waals surface area contributed by atoms with Crippen molar-refractivity contribution in [3.8, 4) is 11.5 Å². The molecule has 2 heterocycles. The van der Waals surface area contributed by atoms with Gasteiger partial charge in [0.15, 0.2) is 6.23 Å². The van der Waals surface area contributed by atoms with Crippen LogP contribution in [0.1, 0.15) is 50.2 Å². The summed E-state index contributed by atoms with van der Waals surface area (Å²) in [5, 5.41) is 17.1. The fourth-order valence-electron chi connectivity index (χ4n) is 5.50. The molecule has 5 rings (SSSR count). The Balaban J connectivity index is 1.68. The molecular weight excluding hydrogens is 471 g/mol. The largest absolute Gasteiger partial charge is 0.497 e. The molecule has 1 aliphatic carbocycles. The summed E-state index contributed by atoms with van der Waals surface area (Å²) in [5.74, 6) is 1.09. The number of aliphatic hydroxyl groups excluding tert-OH is 1. The van der Waals surface area contributed by atoms with Gasteiger partial charge < -0.3 is 19.5 Å². The summed E-state index contributed by atoms with van der Waals surface area (Å²) in [7, 11) is 3.08. The second-order valence-corrected chi connectivity index (χ2v) is 9.51. The number of rotatable bonds is 5. The van der Waals surface area contributed by atoms with Gasteiger partial charge in [0, 0.05) is 29.9 Å². The average molecular weight is 502 g/mol. The van der Waals surface area contributed by atoms with Gasteiger partial charge in [0.05, 0.1) is 31.2 Å². The number of nitrogens with zero attached hydrogens (tertiary/aromatic N) is 3. The van der Waals surface area contributed by atoms with E-state index >= 15 is 0 Å². The number of allylic oxidation sites excluding steroid dienone is 1. The third kappa shape index (κ3) is 4.30. The molecule has 2 atom stereocenters. The van der Waals surface area contributed by atoms with E-state index in [9.17, 15) is 18.3 Å². The molecule has 1 fully saturated rings. The van der Waals surface area contributed by atoms with Crippen molar-refractivity contribution in [2.24, 2.45) is 5.10 Å². The molecule has 6 nitrogen and oxygen atoms in total. The van der Waals surface area contributed by atoms with Gasteiger partial charge in [-0.3, -0.25) is 0 Å². The molecule has 1 N–H and O–H groups in total. The lowest BCUT2D eigenvalue weighted by Gasteiger charge is -2.35. The third-order valence-corrected chi connectivity index (χ3v) is 7.34. The second-order valence-electron chi connectivity index (χ2n) is 9.51. The number of hydrazone groups is 1. The molecule has 2 aromatic carbocycles. The zero-order valence-electron chi connectivity index (χ0n) is 20.6. The second kappa shape index (κ2) is 9.35. The van der Waals surface area contributed by atoms with Gasteiger partial charge in [-0.25, -0.2) is 5.01 Å². The first kappa shape index (κ1) is 24.5. The molecule has 0 amide bonds. The van der Waals surface area contributed by atoms with Crippen molar-refractivity contribution >= 4 is 17.1 Å². The van der Waals surface area contributed by atoms with Gasteiger partial charge in [-0.2, -0.15) is 18.3 Å². The molecule has 36 heavy (non-hydrogen) atoms. The van der Waals surface area contributed by atoms with E-state index in [0.29, 0.717) is 46.9 Å². The molecule has 2 aliphatic heterocycles. The van der Waals surface area contributed by atoms with Crippen LogP contribution in [0.4, 0.5) is 24.5 Å². The van der Waals surface area contributed by atoms with Gasteiger partial charge in [0.25, 0.3) is 0 Å². The van der Waals surface area contributed by atoms with Crippen LogP contribution in [0.5, 0.6) is 11.5 Å². The molecule has 0 saturated carbocycles. The molecule has 0 aromatic heterocycles.